The largest absolute Gasteiger partial charge is 0.613 e. The van der Waals surface area contributed by atoms with Gasteiger partial charge >= 0.3 is 0 Å². The number of fused-ring (bicyclic) bond motifs is 6. The maximum absolute atomic E-state index is 5.22. The van der Waals surface area contributed by atoms with Crippen LogP contribution < -0.4 is 5.32 Å². The summed E-state index contributed by atoms with van der Waals surface area (Å²) < 4.78 is 2.45. The number of aliphatic imine (C=N–C) groups is 1. The molecule has 2 aliphatic rings. The summed E-state index contributed by atoms with van der Waals surface area (Å²) in [6, 6.07) is 61.0. The van der Waals surface area contributed by atoms with Crippen LogP contribution in [-0.4, -0.2) is 10.4 Å². The van der Waals surface area contributed by atoms with Crippen LogP contribution in [0.5, 0.6) is 0 Å². The number of amidine groups is 1. The quantitative estimate of drug-likeness (QED) is 0.195. The van der Waals surface area contributed by atoms with E-state index in [1.54, 1.807) is 0 Å². The molecule has 4 nitrogen and oxygen atoms in total. The predicted octanol–water partition coefficient (Wildman–Crippen LogP) is 11.9. The van der Waals surface area contributed by atoms with Crippen molar-refractivity contribution >= 4 is 27.6 Å². The zero-order valence-corrected chi connectivity index (χ0v) is 29.2. The minimum Gasteiger partial charge on any atom is -0.613 e. The van der Waals surface area contributed by atoms with E-state index in [-0.39, 0.29) is 17.7 Å². The Kier molecular flexibility index (Phi) is 7.02. The molecule has 10 rings (SSSR count). The van der Waals surface area contributed by atoms with Crippen LogP contribution in [0.4, 0.5) is 0 Å². The van der Waals surface area contributed by atoms with Gasteiger partial charge in [-0.3, -0.25) is 4.99 Å². The first kappa shape index (κ1) is 30.6. The second-order valence-corrected chi connectivity index (χ2v) is 14.4. The highest BCUT2D eigenvalue weighted by molar-refractivity contribution is 6.12. The Morgan fingerprint density at radius 2 is 1.21 bits per heavy atom. The zero-order valence-electron chi connectivity index (χ0n) is 29.2. The molecule has 0 saturated heterocycles. The Hall–Kier alpha value is -6.23. The van der Waals surface area contributed by atoms with Gasteiger partial charge < -0.3 is 15.2 Å². The fourth-order valence-electron chi connectivity index (χ4n) is 8.34. The molecular weight excluding hydrogens is 633 g/mol. The summed E-state index contributed by atoms with van der Waals surface area (Å²) in [5.74, 6) is 0.835. The summed E-state index contributed by atoms with van der Waals surface area (Å²) in [6.07, 6.45) is -0.547. The summed E-state index contributed by atoms with van der Waals surface area (Å²) in [7, 11) is 0. The molecule has 0 bridgehead atoms. The fourth-order valence-corrected chi connectivity index (χ4v) is 8.34. The van der Waals surface area contributed by atoms with Crippen molar-refractivity contribution in [2.45, 2.75) is 31.6 Å². The van der Waals surface area contributed by atoms with E-state index in [4.69, 9.17) is 10.3 Å². The lowest BCUT2D eigenvalue weighted by molar-refractivity contribution is 0.631. The van der Waals surface area contributed by atoms with Gasteiger partial charge in [0.2, 0.25) is 0 Å². The van der Waals surface area contributed by atoms with Crippen molar-refractivity contribution in [2.24, 2.45) is 4.99 Å². The van der Waals surface area contributed by atoms with E-state index in [1.807, 2.05) is 12.1 Å². The molecule has 0 spiro atoms. The highest BCUT2D eigenvalue weighted by Gasteiger charge is 2.36. The van der Waals surface area contributed by atoms with Crippen LogP contribution in [0.3, 0.4) is 0 Å². The average Bonchev–Trinajstić information content (AvgIpc) is 3.65. The molecule has 250 valence electrons. The second kappa shape index (κ2) is 11.9. The van der Waals surface area contributed by atoms with Crippen molar-refractivity contribution < 1.29 is 0 Å². The SMILES string of the molecule is CC1(C)c2ccccc2-c2cc3c(cc21)c1ccc(-c2ccccc2)cc1n3-c1cccc(C2=NC(c3ccccc3)[N-]C(c3ccccc3)N2)c1. The van der Waals surface area contributed by atoms with Crippen LogP contribution in [0, 0.1) is 0 Å². The standard InChI is InChI=1S/C48H37N4/c1-48(2)41-24-13-12-23-37(41)39-30-44-40(29-42(39)48)38-26-25-34(31-15-6-3-7-16-31)28-43(38)52(44)36-22-14-21-35(27-36)47-50-45(32-17-8-4-9-18-32)49-46(51-47)33-19-10-5-11-20-33/h3-30,45-46H,1-2H3,(H,50,51)/q-1. The number of hydrogen-bond acceptors (Lipinski definition) is 2. The van der Waals surface area contributed by atoms with Crippen molar-refractivity contribution in [2.75, 3.05) is 0 Å². The van der Waals surface area contributed by atoms with Gasteiger partial charge in [0, 0.05) is 27.4 Å². The Labute approximate surface area is 304 Å². The molecule has 0 saturated carbocycles. The molecule has 7 aromatic carbocycles. The number of nitrogens with zero attached hydrogens (tertiary/aromatic N) is 3. The van der Waals surface area contributed by atoms with E-state index in [0.717, 1.165) is 28.2 Å². The van der Waals surface area contributed by atoms with E-state index in [2.05, 4.69) is 181 Å². The normalized spacial score (nSPS) is 17.4. The summed E-state index contributed by atoms with van der Waals surface area (Å²) >= 11 is 0. The third kappa shape index (κ3) is 4.90. The maximum Gasteiger partial charge on any atom is 0.126 e. The van der Waals surface area contributed by atoms with E-state index >= 15 is 0 Å². The van der Waals surface area contributed by atoms with Gasteiger partial charge in [0.1, 0.15) is 5.84 Å². The van der Waals surface area contributed by atoms with Gasteiger partial charge in [0.25, 0.3) is 0 Å². The Morgan fingerprint density at radius 1 is 0.538 bits per heavy atom. The van der Waals surface area contributed by atoms with Gasteiger partial charge in [-0.2, -0.15) is 0 Å². The Balaban J connectivity index is 1.18. The molecule has 2 unspecified atom stereocenters. The third-order valence-electron chi connectivity index (χ3n) is 11.0. The van der Waals surface area contributed by atoms with Crippen LogP contribution in [0.15, 0.2) is 175 Å². The van der Waals surface area contributed by atoms with Gasteiger partial charge in [-0.1, -0.05) is 153 Å². The lowest BCUT2D eigenvalue weighted by Crippen LogP contribution is -2.34. The van der Waals surface area contributed by atoms with Gasteiger partial charge in [0.15, 0.2) is 0 Å². The van der Waals surface area contributed by atoms with Crippen LogP contribution in [-0.2, 0) is 5.41 Å². The molecular formula is C48H37N4-. The molecule has 1 aliphatic carbocycles. The van der Waals surface area contributed by atoms with Crippen LogP contribution in [0.2, 0.25) is 0 Å². The topological polar surface area (TPSA) is 43.4 Å². The fraction of sp³-hybridized carbons (Fsp3) is 0.104. The van der Waals surface area contributed by atoms with Crippen molar-refractivity contribution in [1.82, 2.24) is 9.88 Å². The number of aromatic nitrogens is 1. The van der Waals surface area contributed by atoms with E-state index in [0.29, 0.717) is 0 Å². The molecule has 2 heterocycles. The van der Waals surface area contributed by atoms with Gasteiger partial charge in [0.05, 0.1) is 11.0 Å². The van der Waals surface area contributed by atoms with Crippen molar-refractivity contribution in [3.63, 3.8) is 0 Å². The summed E-state index contributed by atoms with van der Waals surface area (Å²) in [5.41, 5.74) is 14.4. The van der Waals surface area contributed by atoms with E-state index in [1.165, 1.54) is 55.2 Å². The van der Waals surface area contributed by atoms with Crippen LogP contribution >= 0.6 is 0 Å². The number of rotatable bonds is 5. The molecule has 1 N–H and O–H groups in total. The van der Waals surface area contributed by atoms with Gasteiger partial charge in [-0.25, -0.2) is 0 Å². The average molecular weight is 670 g/mol. The summed E-state index contributed by atoms with van der Waals surface area (Å²) in [6.45, 7) is 4.71. The highest BCUT2D eigenvalue weighted by atomic mass is 15.3. The Morgan fingerprint density at radius 3 is 2.00 bits per heavy atom. The number of hydrogen-bond donors (Lipinski definition) is 1. The molecule has 0 amide bonds. The van der Waals surface area contributed by atoms with Gasteiger partial charge in [-0.15, -0.1) is 0 Å². The highest BCUT2D eigenvalue weighted by Crippen LogP contribution is 2.51. The number of benzene rings is 7. The smallest absolute Gasteiger partial charge is 0.126 e. The zero-order chi connectivity index (χ0) is 34.8. The predicted molar refractivity (Wildman–Crippen MR) is 215 cm³/mol. The molecule has 0 radical (unpaired) electrons. The van der Waals surface area contributed by atoms with Crippen molar-refractivity contribution in [1.29, 1.82) is 0 Å². The minimum absolute atomic E-state index is 0.0845. The third-order valence-corrected chi connectivity index (χ3v) is 11.0. The van der Waals surface area contributed by atoms with Crippen LogP contribution in [0.25, 0.3) is 55.1 Å². The molecule has 0 fully saturated rings. The monoisotopic (exact) mass is 669 g/mol. The minimum atomic E-state index is -0.320. The van der Waals surface area contributed by atoms with Crippen molar-refractivity contribution in [3.05, 3.63) is 203 Å². The maximum atomic E-state index is 5.22. The van der Waals surface area contributed by atoms with Crippen LogP contribution in [0.1, 0.15) is 54.0 Å². The first-order valence-corrected chi connectivity index (χ1v) is 18.1. The molecule has 4 heteroatoms. The van der Waals surface area contributed by atoms with Crippen molar-refractivity contribution in [3.8, 4) is 27.9 Å². The molecule has 8 aromatic rings. The molecule has 1 aliphatic heterocycles. The first-order chi connectivity index (χ1) is 25.5. The van der Waals surface area contributed by atoms with E-state index in [9.17, 15) is 0 Å². The molecule has 52 heavy (non-hydrogen) atoms. The number of nitrogens with one attached hydrogen (secondary N) is 1. The lowest BCUT2D eigenvalue weighted by atomic mass is 9.82. The van der Waals surface area contributed by atoms with Gasteiger partial charge in [-0.05, 0) is 87.2 Å². The molecule has 2 atom stereocenters. The first-order valence-electron chi connectivity index (χ1n) is 18.1. The summed E-state index contributed by atoms with van der Waals surface area (Å²) in [4.78, 5) is 5.22. The molecule has 1 aromatic heterocycles. The lowest BCUT2D eigenvalue weighted by Gasteiger charge is -2.44. The summed E-state index contributed by atoms with van der Waals surface area (Å²) in [5, 5.41) is 11.4. The Bertz CT molecular complexity index is 2650. The van der Waals surface area contributed by atoms with E-state index < -0.39 is 0 Å². The second-order valence-electron chi connectivity index (χ2n) is 14.4.